The summed E-state index contributed by atoms with van der Waals surface area (Å²) in [6, 6.07) is 11.8. The van der Waals surface area contributed by atoms with Crippen LogP contribution in [0.2, 0.25) is 0 Å². The van der Waals surface area contributed by atoms with Gasteiger partial charge in [0.1, 0.15) is 6.04 Å². The number of carbonyl (C=O) groups excluding carboxylic acids is 1. The maximum absolute atomic E-state index is 13.1. The average Bonchev–Trinajstić information content (AvgIpc) is 3.44. The highest BCUT2D eigenvalue weighted by molar-refractivity contribution is 7.89. The first kappa shape index (κ1) is 22.1. The Kier molecular flexibility index (Phi) is 6.04. The molecule has 0 unspecified atom stereocenters. The Bertz CT molecular complexity index is 1270. The van der Waals surface area contributed by atoms with Gasteiger partial charge in [-0.2, -0.15) is 4.31 Å². The Hall–Kier alpha value is -3.15. The van der Waals surface area contributed by atoms with Crippen molar-refractivity contribution in [2.75, 3.05) is 11.9 Å². The standard InChI is InChI=1S/C21H20N4O5S2/c1-14-7-9-17(10-8-14)32(29,30)24-11-3-6-19(24)20(26)23-21-22-18(13-31-21)15-4-2-5-16(12-15)25(27)28/h2,4-5,7-10,12-13,19H,3,6,11H2,1H3,(H,22,23,26)/t19-/m0/s1. The largest absolute Gasteiger partial charge is 0.301 e. The van der Waals surface area contributed by atoms with Gasteiger partial charge in [-0.05, 0) is 31.9 Å². The van der Waals surface area contributed by atoms with E-state index in [1.54, 1.807) is 41.8 Å². The van der Waals surface area contributed by atoms with E-state index in [0.29, 0.717) is 29.2 Å². The zero-order valence-corrected chi connectivity index (χ0v) is 18.7. The molecule has 166 valence electrons. The third kappa shape index (κ3) is 4.40. The molecule has 2 aromatic carbocycles. The van der Waals surface area contributed by atoms with Crippen LogP contribution in [0.15, 0.2) is 58.8 Å². The molecule has 1 amide bonds. The van der Waals surface area contributed by atoms with Crippen LogP contribution in [-0.2, 0) is 14.8 Å². The molecule has 0 radical (unpaired) electrons. The molecule has 3 aromatic rings. The molecule has 1 aliphatic rings. The van der Waals surface area contributed by atoms with Crippen LogP contribution in [0.3, 0.4) is 0 Å². The molecular formula is C21H20N4O5S2. The van der Waals surface area contributed by atoms with Gasteiger partial charge in [-0.25, -0.2) is 13.4 Å². The minimum absolute atomic E-state index is 0.0519. The number of nitrogens with one attached hydrogen (secondary N) is 1. The number of rotatable bonds is 6. The predicted octanol–water partition coefficient (Wildman–Crippen LogP) is 3.82. The second kappa shape index (κ2) is 8.77. The first-order valence-corrected chi connectivity index (χ1v) is 12.2. The molecule has 1 saturated heterocycles. The highest BCUT2D eigenvalue weighted by Crippen LogP contribution is 2.30. The van der Waals surface area contributed by atoms with E-state index in [0.717, 1.165) is 5.56 Å². The van der Waals surface area contributed by atoms with Gasteiger partial charge in [-0.1, -0.05) is 29.8 Å². The SMILES string of the molecule is Cc1ccc(S(=O)(=O)N2CCC[C@H]2C(=O)Nc2nc(-c3cccc([N+](=O)[O-])c3)cs2)cc1. The average molecular weight is 473 g/mol. The van der Waals surface area contributed by atoms with E-state index in [2.05, 4.69) is 10.3 Å². The van der Waals surface area contributed by atoms with E-state index in [4.69, 9.17) is 0 Å². The number of anilines is 1. The summed E-state index contributed by atoms with van der Waals surface area (Å²) >= 11 is 1.17. The minimum Gasteiger partial charge on any atom is -0.301 e. The van der Waals surface area contributed by atoms with Gasteiger partial charge in [0.25, 0.3) is 5.69 Å². The van der Waals surface area contributed by atoms with Crippen molar-refractivity contribution in [1.29, 1.82) is 0 Å². The summed E-state index contributed by atoms with van der Waals surface area (Å²) in [5.41, 5.74) is 1.94. The minimum atomic E-state index is -3.80. The molecule has 2 heterocycles. The van der Waals surface area contributed by atoms with Crippen molar-refractivity contribution in [2.24, 2.45) is 0 Å². The van der Waals surface area contributed by atoms with E-state index in [1.807, 2.05) is 6.92 Å². The van der Waals surface area contributed by atoms with Gasteiger partial charge in [0.05, 0.1) is 15.5 Å². The molecule has 0 bridgehead atoms. The number of benzene rings is 2. The number of nitrogens with zero attached hydrogens (tertiary/aromatic N) is 3. The van der Waals surface area contributed by atoms with E-state index < -0.39 is 26.9 Å². The summed E-state index contributed by atoms with van der Waals surface area (Å²) in [4.78, 5) is 27.9. The molecule has 0 saturated carbocycles. The molecule has 11 heteroatoms. The van der Waals surface area contributed by atoms with Crippen molar-refractivity contribution in [3.8, 4) is 11.3 Å². The number of nitro groups is 1. The third-order valence-corrected chi connectivity index (χ3v) is 7.90. The number of aryl methyl sites for hydroxylation is 1. The van der Waals surface area contributed by atoms with Crippen LogP contribution in [0.25, 0.3) is 11.3 Å². The van der Waals surface area contributed by atoms with Gasteiger partial charge in [-0.15, -0.1) is 11.3 Å². The molecule has 0 spiro atoms. The number of thiazole rings is 1. The normalized spacial score (nSPS) is 16.7. The molecular weight excluding hydrogens is 452 g/mol. The zero-order valence-electron chi connectivity index (χ0n) is 17.1. The van der Waals surface area contributed by atoms with Crippen molar-refractivity contribution < 1.29 is 18.1 Å². The van der Waals surface area contributed by atoms with Crippen LogP contribution in [0, 0.1) is 17.0 Å². The summed E-state index contributed by atoms with van der Waals surface area (Å²) < 4.78 is 27.4. The van der Waals surface area contributed by atoms with Crippen LogP contribution in [0.1, 0.15) is 18.4 Å². The van der Waals surface area contributed by atoms with Crippen LogP contribution >= 0.6 is 11.3 Å². The Morgan fingerprint density at radius 2 is 2.00 bits per heavy atom. The summed E-state index contributed by atoms with van der Waals surface area (Å²) in [7, 11) is -3.80. The second-order valence-corrected chi connectivity index (χ2v) is 10.2. The lowest BCUT2D eigenvalue weighted by Gasteiger charge is -2.23. The van der Waals surface area contributed by atoms with Crippen molar-refractivity contribution in [2.45, 2.75) is 30.7 Å². The van der Waals surface area contributed by atoms with E-state index in [9.17, 15) is 23.3 Å². The van der Waals surface area contributed by atoms with E-state index >= 15 is 0 Å². The highest BCUT2D eigenvalue weighted by atomic mass is 32.2. The smallest absolute Gasteiger partial charge is 0.270 e. The Balaban J connectivity index is 1.51. The number of sulfonamides is 1. The fourth-order valence-corrected chi connectivity index (χ4v) is 5.95. The molecule has 1 aliphatic heterocycles. The molecule has 1 fully saturated rings. The number of aromatic nitrogens is 1. The van der Waals surface area contributed by atoms with Crippen LogP contribution in [0.4, 0.5) is 10.8 Å². The molecule has 0 aliphatic carbocycles. The van der Waals surface area contributed by atoms with Crippen LogP contribution in [0.5, 0.6) is 0 Å². The Morgan fingerprint density at radius 3 is 2.72 bits per heavy atom. The van der Waals surface area contributed by atoms with Gasteiger partial charge in [0, 0.05) is 29.6 Å². The highest BCUT2D eigenvalue weighted by Gasteiger charge is 2.39. The van der Waals surface area contributed by atoms with Gasteiger partial charge in [0.15, 0.2) is 5.13 Å². The fourth-order valence-electron chi connectivity index (χ4n) is 3.57. The second-order valence-electron chi connectivity index (χ2n) is 7.42. The lowest BCUT2D eigenvalue weighted by atomic mass is 10.1. The van der Waals surface area contributed by atoms with Crippen molar-refractivity contribution >= 4 is 38.1 Å². The third-order valence-electron chi connectivity index (χ3n) is 5.22. The first-order valence-electron chi connectivity index (χ1n) is 9.85. The maximum atomic E-state index is 13.1. The van der Waals surface area contributed by atoms with Gasteiger partial charge < -0.3 is 5.32 Å². The fraction of sp³-hybridized carbons (Fsp3) is 0.238. The zero-order chi connectivity index (χ0) is 22.9. The molecule has 1 aromatic heterocycles. The van der Waals surface area contributed by atoms with Crippen molar-refractivity contribution in [1.82, 2.24) is 9.29 Å². The number of hydrogen-bond donors (Lipinski definition) is 1. The topological polar surface area (TPSA) is 123 Å². The number of hydrogen-bond acceptors (Lipinski definition) is 7. The summed E-state index contributed by atoms with van der Waals surface area (Å²) in [5, 5.41) is 15.7. The molecule has 32 heavy (non-hydrogen) atoms. The van der Waals surface area contributed by atoms with Crippen LogP contribution < -0.4 is 5.32 Å². The first-order chi connectivity index (χ1) is 15.3. The van der Waals surface area contributed by atoms with Crippen molar-refractivity contribution in [3.05, 3.63) is 69.6 Å². The van der Waals surface area contributed by atoms with E-state index in [-0.39, 0.29) is 17.1 Å². The Labute approximate surface area is 188 Å². The summed E-state index contributed by atoms with van der Waals surface area (Å²) in [6.07, 6.45) is 1.00. The summed E-state index contributed by atoms with van der Waals surface area (Å²) in [6.45, 7) is 2.14. The number of carbonyl (C=O) groups is 1. The molecule has 1 N–H and O–H groups in total. The van der Waals surface area contributed by atoms with Gasteiger partial charge in [-0.3, -0.25) is 14.9 Å². The van der Waals surface area contributed by atoms with Crippen LogP contribution in [-0.4, -0.2) is 41.1 Å². The van der Waals surface area contributed by atoms with Gasteiger partial charge in [0.2, 0.25) is 15.9 Å². The lowest BCUT2D eigenvalue weighted by molar-refractivity contribution is -0.384. The predicted molar refractivity (Wildman–Crippen MR) is 121 cm³/mol. The monoisotopic (exact) mass is 472 g/mol. The van der Waals surface area contributed by atoms with E-state index in [1.165, 1.54) is 27.8 Å². The number of amides is 1. The van der Waals surface area contributed by atoms with Crippen molar-refractivity contribution in [3.63, 3.8) is 0 Å². The molecule has 4 rings (SSSR count). The quantitative estimate of drug-likeness (QED) is 0.430. The Morgan fingerprint density at radius 1 is 1.25 bits per heavy atom. The molecule has 9 nitrogen and oxygen atoms in total. The van der Waals surface area contributed by atoms with Gasteiger partial charge >= 0.3 is 0 Å². The summed E-state index contributed by atoms with van der Waals surface area (Å²) in [5.74, 6) is -0.446. The lowest BCUT2D eigenvalue weighted by Crippen LogP contribution is -2.43. The molecule has 1 atom stereocenters. The number of nitro benzene ring substituents is 1. The number of non-ortho nitro benzene ring substituents is 1. The maximum Gasteiger partial charge on any atom is 0.270 e.